The molecule has 3 aromatic rings. The van der Waals surface area contributed by atoms with Crippen LogP contribution in [0.25, 0.3) is 11.2 Å². The molecule has 2 aromatic heterocycles. The van der Waals surface area contributed by atoms with Crippen LogP contribution in [0.3, 0.4) is 0 Å². The van der Waals surface area contributed by atoms with Gasteiger partial charge in [0.1, 0.15) is 30.4 Å². The molecular formula is C17H16ClN5O3. The third kappa shape index (κ3) is 3.61. The molecule has 1 aliphatic heterocycles. The average Bonchev–Trinajstić information content (AvgIpc) is 3.12. The van der Waals surface area contributed by atoms with Gasteiger partial charge in [0.2, 0.25) is 0 Å². The van der Waals surface area contributed by atoms with Crippen LogP contribution in [0.4, 0.5) is 4.79 Å². The van der Waals surface area contributed by atoms with Crippen molar-refractivity contribution in [1.29, 1.82) is 0 Å². The fraction of sp³-hybridized carbons (Fsp3) is 0.294. The summed E-state index contributed by atoms with van der Waals surface area (Å²) in [7, 11) is 0. The summed E-state index contributed by atoms with van der Waals surface area (Å²) in [6.07, 6.45) is 2.35. The van der Waals surface area contributed by atoms with E-state index in [0.717, 1.165) is 11.1 Å². The molecule has 134 valence electrons. The number of carbonyl (C=O) groups is 1. The first kappa shape index (κ1) is 16.7. The highest BCUT2D eigenvalue weighted by atomic mass is 35.5. The summed E-state index contributed by atoms with van der Waals surface area (Å²) >= 11 is 5.85. The fourth-order valence-corrected chi connectivity index (χ4v) is 2.86. The summed E-state index contributed by atoms with van der Waals surface area (Å²) < 4.78 is 11.1. The average molecular weight is 374 g/mol. The van der Waals surface area contributed by atoms with Crippen molar-refractivity contribution in [2.24, 2.45) is 0 Å². The predicted molar refractivity (Wildman–Crippen MR) is 93.6 cm³/mol. The van der Waals surface area contributed by atoms with Crippen molar-refractivity contribution in [3.05, 3.63) is 53.2 Å². The Labute approximate surface area is 154 Å². The molecular weight excluding hydrogens is 358 g/mol. The number of fused-ring (bicyclic) bond motifs is 1. The lowest BCUT2D eigenvalue weighted by molar-refractivity contribution is -0.0330. The van der Waals surface area contributed by atoms with Gasteiger partial charge < -0.3 is 19.4 Å². The SMILES string of the molecule is O=C(OCc1ccc(Cl)cc1)N1CCOC(c2nc3ncncc3[nH]2)C1. The highest BCUT2D eigenvalue weighted by molar-refractivity contribution is 6.30. The zero-order valence-electron chi connectivity index (χ0n) is 13.8. The summed E-state index contributed by atoms with van der Waals surface area (Å²) in [5, 5.41) is 0.645. The molecule has 0 bridgehead atoms. The van der Waals surface area contributed by atoms with Crippen LogP contribution < -0.4 is 0 Å². The molecule has 0 spiro atoms. The predicted octanol–water partition coefficient (Wildman–Crippen LogP) is 2.72. The van der Waals surface area contributed by atoms with Crippen LogP contribution in [0.5, 0.6) is 0 Å². The number of aromatic amines is 1. The Balaban J connectivity index is 1.39. The summed E-state index contributed by atoms with van der Waals surface area (Å²) in [6, 6.07) is 7.18. The van der Waals surface area contributed by atoms with E-state index in [1.807, 2.05) is 12.1 Å². The quantitative estimate of drug-likeness (QED) is 0.758. The van der Waals surface area contributed by atoms with Gasteiger partial charge in [-0.05, 0) is 17.7 Å². The first-order chi connectivity index (χ1) is 12.7. The molecule has 0 aliphatic carbocycles. The van der Waals surface area contributed by atoms with Gasteiger partial charge in [-0.15, -0.1) is 0 Å². The lowest BCUT2D eigenvalue weighted by Crippen LogP contribution is -2.42. The Kier molecular flexibility index (Phi) is 4.68. The zero-order valence-corrected chi connectivity index (χ0v) is 14.5. The number of hydrogen-bond donors (Lipinski definition) is 1. The smallest absolute Gasteiger partial charge is 0.410 e. The van der Waals surface area contributed by atoms with Gasteiger partial charge in [0.15, 0.2) is 5.65 Å². The summed E-state index contributed by atoms with van der Waals surface area (Å²) in [4.78, 5) is 29.6. The Morgan fingerprint density at radius 2 is 2.23 bits per heavy atom. The highest BCUT2D eigenvalue weighted by Crippen LogP contribution is 2.22. The van der Waals surface area contributed by atoms with Crippen LogP contribution >= 0.6 is 11.6 Å². The number of nitrogens with one attached hydrogen (secondary N) is 1. The largest absolute Gasteiger partial charge is 0.445 e. The maximum absolute atomic E-state index is 12.4. The molecule has 1 atom stereocenters. The number of amides is 1. The van der Waals surface area contributed by atoms with Crippen molar-refractivity contribution in [3.63, 3.8) is 0 Å². The number of halogens is 1. The Hall–Kier alpha value is -2.71. The molecule has 8 nitrogen and oxygen atoms in total. The van der Waals surface area contributed by atoms with Crippen molar-refractivity contribution >= 4 is 28.9 Å². The minimum Gasteiger partial charge on any atom is -0.445 e. The second kappa shape index (κ2) is 7.27. The molecule has 1 saturated heterocycles. The Morgan fingerprint density at radius 1 is 1.38 bits per heavy atom. The molecule has 3 heterocycles. The van der Waals surface area contributed by atoms with Crippen molar-refractivity contribution in [1.82, 2.24) is 24.8 Å². The van der Waals surface area contributed by atoms with Crippen LogP contribution in [0.15, 0.2) is 36.8 Å². The minimum atomic E-state index is -0.385. The van der Waals surface area contributed by atoms with Crippen molar-refractivity contribution < 1.29 is 14.3 Å². The van der Waals surface area contributed by atoms with E-state index in [1.54, 1.807) is 23.2 Å². The van der Waals surface area contributed by atoms with Gasteiger partial charge in [0, 0.05) is 11.6 Å². The molecule has 4 rings (SSSR count). The van der Waals surface area contributed by atoms with Crippen LogP contribution in [0.1, 0.15) is 17.5 Å². The van der Waals surface area contributed by atoms with Crippen molar-refractivity contribution in [2.45, 2.75) is 12.7 Å². The fourth-order valence-electron chi connectivity index (χ4n) is 2.73. The number of ether oxygens (including phenoxy) is 2. The van der Waals surface area contributed by atoms with E-state index in [9.17, 15) is 4.79 Å². The van der Waals surface area contributed by atoms with Crippen LogP contribution in [-0.4, -0.2) is 50.6 Å². The molecule has 1 aromatic carbocycles. The standard InChI is InChI=1S/C17H16ClN5O3/c18-12-3-1-11(2-4-12)9-26-17(24)23-5-6-25-14(8-23)16-21-13-7-19-10-20-15(13)22-16/h1-4,7,10,14H,5-6,8-9H2,(H,19,20,21,22). The van der Waals surface area contributed by atoms with E-state index in [0.29, 0.717) is 36.2 Å². The van der Waals surface area contributed by atoms with Crippen LogP contribution in [0, 0.1) is 0 Å². The van der Waals surface area contributed by atoms with Crippen molar-refractivity contribution in [2.75, 3.05) is 19.7 Å². The van der Waals surface area contributed by atoms with E-state index in [-0.39, 0.29) is 18.8 Å². The molecule has 0 saturated carbocycles. The van der Waals surface area contributed by atoms with E-state index >= 15 is 0 Å². The van der Waals surface area contributed by atoms with Gasteiger partial charge in [-0.1, -0.05) is 23.7 Å². The second-order valence-electron chi connectivity index (χ2n) is 5.87. The molecule has 9 heteroatoms. The van der Waals surface area contributed by atoms with Gasteiger partial charge in [-0.3, -0.25) is 0 Å². The first-order valence-corrected chi connectivity index (χ1v) is 8.50. The minimum absolute atomic E-state index is 0.193. The number of morpholine rings is 1. The molecule has 1 N–H and O–H groups in total. The monoisotopic (exact) mass is 373 g/mol. The van der Waals surface area contributed by atoms with Gasteiger partial charge >= 0.3 is 6.09 Å². The third-order valence-corrected chi connectivity index (χ3v) is 4.34. The van der Waals surface area contributed by atoms with Gasteiger partial charge in [0.25, 0.3) is 0 Å². The number of carbonyl (C=O) groups excluding carboxylic acids is 1. The van der Waals surface area contributed by atoms with Crippen molar-refractivity contribution in [3.8, 4) is 0 Å². The molecule has 1 unspecified atom stereocenters. The lowest BCUT2D eigenvalue weighted by atomic mass is 10.2. The third-order valence-electron chi connectivity index (χ3n) is 4.09. The molecule has 26 heavy (non-hydrogen) atoms. The van der Waals surface area contributed by atoms with E-state index in [2.05, 4.69) is 19.9 Å². The number of benzene rings is 1. The van der Waals surface area contributed by atoms with Crippen LogP contribution in [0.2, 0.25) is 5.02 Å². The Bertz CT molecular complexity index is 881. The van der Waals surface area contributed by atoms with Gasteiger partial charge in [-0.2, -0.15) is 0 Å². The number of nitrogens with zero attached hydrogens (tertiary/aromatic N) is 4. The van der Waals surface area contributed by atoms with Crippen LogP contribution in [-0.2, 0) is 16.1 Å². The number of H-pyrrole nitrogens is 1. The topological polar surface area (TPSA) is 93.2 Å². The molecule has 1 aliphatic rings. The zero-order chi connectivity index (χ0) is 17.9. The number of aromatic nitrogens is 4. The van der Waals surface area contributed by atoms with Gasteiger partial charge in [-0.25, -0.2) is 19.7 Å². The molecule has 1 fully saturated rings. The first-order valence-electron chi connectivity index (χ1n) is 8.12. The highest BCUT2D eigenvalue weighted by Gasteiger charge is 2.28. The summed E-state index contributed by atoms with van der Waals surface area (Å²) in [5.74, 6) is 0.621. The van der Waals surface area contributed by atoms with E-state index in [4.69, 9.17) is 21.1 Å². The number of imidazole rings is 1. The Morgan fingerprint density at radius 3 is 3.04 bits per heavy atom. The maximum atomic E-state index is 12.4. The normalized spacial score (nSPS) is 17.4. The number of rotatable bonds is 3. The number of hydrogen-bond acceptors (Lipinski definition) is 6. The van der Waals surface area contributed by atoms with E-state index < -0.39 is 0 Å². The summed E-state index contributed by atoms with van der Waals surface area (Å²) in [5.41, 5.74) is 2.18. The second-order valence-corrected chi connectivity index (χ2v) is 6.30. The maximum Gasteiger partial charge on any atom is 0.410 e. The molecule has 1 amide bonds. The lowest BCUT2D eigenvalue weighted by Gasteiger charge is -2.31. The van der Waals surface area contributed by atoms with Gasteiger partial charge in [0.05, 0.1) is 19.3 Å². The molecule has 0 radical (unpaired) electrons. The van der Waals surface area contributed by atoms with E-state index in [1.165, 1.54) is 6.33 Å². The summed E-state index contributed by atoms with van der Waals surface area (Å²) in [6.45, 7) is 1.42.